The van der Waals surface area contributed by atoms with Crippen molar-refractivity contribution in [2.24, 2.45) is 0 Å². The predicted octanol–water partition coefficient (Wildman–Crippen LogP) is 3.73. The van der Waals surface area contributed by atoms with Crippen molar-refractivity contribution in [1.29, 1.82) is 0 Å². The number of aryl methyl sites for hydroxylation is 1. The molecular formula is C14H16O2. The van der Waals surface area contributed by atoms with Crippen molar-refractivity contribution in [3.63, 3.8) is 0 Å². The number of fused-ring (bicyclic) bond motifs is 1. The Morgan fingerprint density at radius 2 is 2.25 bits per heavy atom. The van der Waals surface area contributed by atoms with Crippen LogP contribution in [-0.4, -0.2) is 7.11 Å². The number of allylic oxidation sites excluding steroid dienone is 1. The minimum atomic E-state index is 0.761. The molecule has 0 atom stereocenters. The van der Waals surface area contributed by atoms with E-state index in [0.717, 1.165) is 29.7 Å². The zero-order valence-corrected chi connectivity index (χ0v) is 9.75. The van der Waals surface area contributed by atoms with E-state index in [1.54, 1.807) is 7.11 Å². The minimum Gasteiger partial charge on any atom is -0.496 e. The van der Waals surface area contributed by atoms with Gasteiger partial charge in [-0.3, -0.25) is 0 Å². The topological polar surface area (TPSA) is 22.4 Å². The molecule has 2 heteroatoms. The van der Waals surface area contributed by atoms with E-state index in [0.29, 0.717) is 0 Å². The van der Waals surface area contributed by atoms with E-state index in [1.165, 1.54) is 10.9 Å². The molecule has 0 aliphatic carbocycles. The Labute approximate surface area is 95.5 Å². The molecule has 0 unspecified atom stereocenters. The van der Waals surface area contributed by atoms with Crippen molar-refractivity contribution >= 4 is 11.0 Å². The van der Waals surface area contributed by atoms with Gasteiger partial charge < -0.3 is 9.15 Å². The average Bonchev–Trinajstić information content (AvgIpc) is 2.73. The van der Waals surface area contributed by atoms with Crippen molar-refractivity contribution in [3.05, 3.63) is 42.2 Å². The third-order valence-electron chi connectivity index (χ3n) is 2.83. The third-order valence-corrected chi connectivity index (χ3v) is 2.83. The third kappa shape index (κ3) is 1.60. The second-order valence-corrected chi connectivity index (χ2v) is 3.73. The van der Waals surface area contributed by atoms with Crippen LogP contribution in [0.15, 0.2) is 35.5 Å². The Balaban J connectivity index is 2.69. The lowest BCUT2D eigenvalue weighted by Crippen LogP contribution is -1.91. The highest BCUT2D eigenvalue weighted by Crippen LogP contribution is 2.32. The zero-order chi connectivity index (χ0) is 11.5. The van der Waals surface area contributed by atoms with E-state index in [2.05, 4.69) is 19.6 Å². The zero-order valence-electron chi connectivity index (χ0n) is 9.75. The van der Waals surface area contributed by atoms with Crippen molar-refractivity contribution in [1.82, 2.24) is 0 Å². The predicted molar refractivity (Wildman–Crippen MR) is 66.0 cm³/mol. The number of hydrogen-bond donors (Lipinski definition) is 0. The van der Waals surface area contributed by atoms with Crippen LogP contribution < -0.4 is 4.74 Å². The lowest BCUT2D eigenvalue weighted by molar-refractivity contribution is 0.410. The SMILES string of the molecule is C=CCc1c(OC)ccc2c(CC)coc12. The number of hydrogen-bond acceptors (Lipinski definition) is 2. The van der Waals surface area contributed by atoms with Gasteiger partial charge in [-0.25, -0.2) is 0 Å². The smallest absolute Gasteiger partial charge is 0.141 e. The van der Waals surface area contributed by atoms with Crippen LogP contribution in [0.5, 0.6) is 5.75 Å². The normalized spacial score (nSPS) is 10.6. The van der Waals surface area contributed by atoms with Crippen molar-refractivity contribution in [2.75, 3.05) is 7.11 Å². The maximum absolute atomic E-state index is 5.64. The fraction of sp³-hybridized carbons (Fsp3) is 0.286. The summed E-state index contributed by atoms with van der Waals surface area (Å²) in [5.41, 5.74) is 3.24. The van der Waals surface area contributed by atoms with Crippen LogP contribution in [0.2, 0.25) is 0 Å². The minimum absolute atomic E-state index is 0.761. The molecule has 16 heavy (non-hydrogen) atoms. The van der Waals surface area contributed by atoms with Crippen molar-refractivity contribution < 1.29 is 9.15 Å². The Bertz CT molecular complexity index is 509. The Morgan fingerprint density at radius 3 is 2.88 bits per heavy atom. The van der Waals surface area contributed by atoms with Gasteiger partial charge in [-0.15, -0.1) is 6.58 Å². The number of methoxy groups -OCH3 is 1. The number of ether oxygens (including phenoxy) is 1. The van der Waals surface area contributed by atoms with Crippen molar-refractivity contribution in [2.45, 2.75) is 19.8 Å². The molecule has 1 aromatic carbocycles. The Morgan fingerprint density at radius 1 is 1.44 bits per heavy atom. The molecule has 2 nitrogen and oxygen atoms in total. The summed E-state index contributed by atoms with van der Waals surface area (Å²) in [6.07, 6.45) is 5.44. The van der Waals surface area contributed by atoms with Gasteiger partial charge in [-0.2, -0.15) is 0 Å². The van der Waals surface area contributed by atoms with Crippen LogP contribution in [-0.2, 0) is 12.8 Å². The molecule has 0 saturated heterocycles. The van der Waals surface area contributed by atoms with Gasteiger partial charge in [0, 0.05) is 10.9 Å². The van der Waals surface area contributed by atoms with Gasteiger partial charge >= 0.3 is 0 Å². The molecule has 0 radical (unpaired) electrons. The molecule has 84 valence electrons. The highest BCUT2D eigenvalue weighted by molar-refractivity contribution is 5.86. The molecule has 2 aromatic rings. The number of furan rings is 1. The first-order valence-corrected chi connectivity index (χ1v) is 5.48. The van der Waals surface area contributed by atoms with E-state index < -0.39 is 0 Å². The molecule has 1 heterocycles. The van der Waals surface area contributed by atoms with Gasteiger partial charge in [-0.05, 0) is 30.5 Å². The lowest BCUT2D eigenvalue weighted by atomic mass is 10.0. The standard InChI is InChI=1S/C14H16O2/c1-4-6-12-13(15-3)8-7-11-10(5-2)9-16-14(11)12/h4,7-9H,1,5-6H2,2-3H3. The summed E-state index contributed by atoms with van der Waals surface area (Å²) >= 11 is 0. The fourth-order valence-electron chi connectivity index (χ4n) is 1.99. The van der Waals surface area contributed by atoms with Crippen LogP contribution in [0.3, 0.4) is 0 Å². The van der Waals surface area contributed by atoms with Gasteiger partial charge in [-0.1, -0.05) is 13.0 Å². The van der Waals surface area contributed by atoms with Crippen LogP contribution in [0.25, 0.3) is 11.0 Å². The van der Waals surface area contributed by atoms with Gasteiger partial charge in [0.15, 0.2) is 0 Å². The second kappa shape index (κ2) is 4.44. The summed E-state index contributed by atoms with van der Waals surface area (Å²) in [5, 5.41) is 1.18. The first kappa shape index (κ1) is 10.8. The molecular weight excluding hydrogens is 200 g/mol. The second-order valence-electron chi connectivity index (χ2n) is 3.73. The largest absolute Gasteiger partial charge is 0.496 e. The van der Waals surface area contributed by atoms with Crippen LogP contribution in [0, 0.1) is 0 Å². The van der Waals surface area contributed by atoms with Gasteiger partial charge in [0.25, 0.3) is 0 Å². The number of rotatable bonds is 4. The highest BCUT2D eigenvalue weighted by atomic mass is 16.5. The quantitative estimate of drug-likeness (QED) is 0.726. The van der Waals surface area contributed by atoms with Gasteiger partial charge in [0.05, 0.1) is 13.4 Å². The molecule has 0 fully saturated rings. The average molecular weight is 216 g/mol. The molecule has 0 spiro atoms. The molecule has 0 aliphatic heterocycles. The monoisotopic (exact) mass is 216 g/mol. The first-order valence-electron chi connectivity index (χ1n) is 5.48. The van der Waals surface area contributed by atoms with E-state index in [1.807, 2.05) is 18.4 Å². The molecule has 0 N–H and O–H groups in total. The van der Waals surface area contributed by atoms with E-state index in [9.17, 15) is 0 Å². The molecule has 1 aromatic heterocycles. The molecule has 0 bridgehead atoms. The number of benzene rings is 1. The summed E-state index contributed by atoms with van der Waals surface area (Å²) in [6, 6.07) is 4.05. The summed E-state index contributed by atoms with van der Waals surface area (Å²) in [6.45, 7) is 5.89. The highest BCUT2D eigenvalue weighted by Gasteiger charge is 2.12. The van der Waals surface area contributed by atoms with Crippen LogP contribution in [0.1, 0.15) is 18.1 Å². The first-order chi connectivity index (χ1) is 7.81. The Kier molecular flexibility index (Phi) is 3.00. The molecule has 0 aliphatic rings. The molecule has 0 saturated carbocycles. The van der Waals surface area contributed by atoms with Gasteiger partial charge in [0.1, 0.15) is 11.3 Å². The van der Waals surface area contributed by atoms with Crippen LogP contribution >= 0.6 is 0 Å². The van der Waals surface area contributed by atoms with E-state index >= 15 is 0 Å². The van der Waals surface area contributed by atoms with Crippen molar-refractivity contribution in [3.8, 4) is 5.75 Å². The van der Waals surface area contributed by atoms with Gasteiger partial charge in [0.2, 0.25) is 0 Å². The lowest BCUT2D eigenvalue weighted by Gasteiger charge is -2.07. The molecule has 0 amide bonds. The maximum Gasteiger partial charge on any atom is 0.141 e. The summed E-state index contributed by atoms with van der Waals surface area (Å²) in [4.78, 5) is 0. The summed E-state index contributed by atoms with van der Waals surface area (Å²) in [5.74, 6) is 0.865. The van der Waals surface area contributed by atoms with E-state index in [4.69, 9.17) is 9.15 Å². The van der Waals surface area contributed by atoms with E-state index in [-0.39, 0.29) is 0 Å². The summed E-state index contributed by atoms with van der Waals surface area (Å²) < 4.78 is 11.0. The Hall–Kier alpha value is -1.70. The maximum atomic E-state index is 5.64. The fourth-order valence-corrected chi connectivity index (χ4v) is 1.99. The molecule has 2 rings (SSSR count). The van der Waals surface area contributed by atoms with Crippen LogP contribution in [0.4, 0.5) is 0 Å². The summed E-state index contributed by atoms with van der Waals surface area (Å²) in [7, 11) is 1.68.